The second-order valence-electron chi connectivity index (χ2n) is 5.91. The van der Waals surface area contributed by atoms with Crippen LogP contribution in [0.15, 0.2) is 36.4 Å². The van der Waals surface area contributed by atoms with Crippen LogP contribution in [0.1, 0.15) is 27.0 Å². The van der Waals surface area contributed by atoms with E-state index in [1.54, 1.807) is 26.4 Å². The van der Waals surface area contributed by atoms with Crippen molar-refractivity contribution in [3.05, 3.63) is 58.7 Å². The molecule has 2 aromatic carbocycles. The van der Waals surface area contributed by atoms with E-state index < -0.39 is 0 Å². The molecule has 0 spiro atoms. The largest absolute Gasteiger partial charge is 0.493 e. The van der Waals surface area contributed by atoms with Crippen LogP contribution in [-0.4, -0.2) is 32.6 Å². The summed E-state index contributed by atoms with van der Waals surface area (Å²) in [4.78, 5) is 24.2. The van der Waals surface area contributed by atoms with E-state index in [9.17, 15) is 9.59 Å². The SMILES string of the molecule is COc1cccc(CNC(=O)CNC(=O)c2ccc(C)c(C)c2)c1OC. The smallest absolute Gasteiger partial charge is 0.251 e. The Balaban J connectivity index is 1.89. The molecule has 6 heteroatoms. The van der Waals surface area contributed by atoms with Crippen LogP contribution in [0.5, 0.6) is 11.5 Å². The third-order valence-corrected chi connectivity index (χ3v) is 4.14. The Kier molecular flexibility index (Phi) is 6.60. The summed E-state index contributed by atoms with van der Waals surface area (Å²) in [5, 5.41) is 5.39. The Morgan fingerprint density at radius 2 is 1.73 bits per heavy atom. The number of benzene rings is 2. The van der Waals surface area contributed by atoms with Crippen LogP contribution in [0.4, 0.5) is 0 Å². The first-order valence-electron chi connectivity index (χ1n) is 8.28. The predicted molar refractivity (Wildman–Crippen MR) is 99.6 cm³/mol. The number of hydrogen-bond acceptors (Lipinski definition) is 4. The molecule has 2 aromatic rings. The van der Waals surface area contributed by atoms with Gasteiger partial charge in [0.1, 0.15) is 0 Å². The lowest BCUT2D eigenvalue weighted by Crippen LogP contribution is -2.36. The van der Waals surface area contributed by atoms with E-state index in [1.807, 2.05) is 38.1 Å². The van der Waals surface area contributed by atoms with Crippen LogP contribution in [0, 0.1) is 13.8 Å². The topological polar surface area (TPSA) is 76.7 Å². The van der Waals surface area contributed by atoms with Crippen molar-refractivity contribution in [1.82, 2.24) is 10.6 Å². The van der Waals surface area contributed by atoms with Crippen molar-refractivity contribution >= 4 is 11.8 Å². The summed E-state index contributed by atoms with van der Waals surface area (Å²) in [6.45, 7) is 4.11. The number of carbonyl (C=O) groups is 2. The molecule has 0 saturated carbocycles. The highest BCUT2D eigenvalue weighted by atomic mass is 16.5. The number of para-hydroxylation sites is 1. The molecule has 6 nitrogen and oxygen atoms in total. The van der Waals surface area contributed by atoms with Gasteiger partial charge in [-0.3, -0.25) is 9.59 Å². The maximum Gasteiger partial charge on any atom is 0.251 e. The van der Waals surface area contributed by atoms with Crippen molar-refractivity contribution in [3.8, 4) is 11.5 Å². The zero-order chi connectivity index (χ0) is 19.1. The number of methoxy groups -OCH3 is 2. The Labute approximate surface area is 153 Å². The third-order valence-electron chi connectivity index (χ3n) is 4.14. The molecule has 2 N–H and O–H groups in total. The first kappa shape index (κ1) is 19.3. The summed E-state index contributed by atoms with van der Waals surface area (Å²) in [7, 11) is 3.11. The molecule has 2 amide bonds. The summed E-state index contributed by atoms with van der Waals surface area (Å²) in [5.74, 6) is 0.617. The normalized spacial score (nSPS) is 10.2. The fraction of sp³-hybridized carbons (Fsp3) is 0.300. The van der Waals surface area contributed by atoms with Gasteiger partial charge in [-0.25, -0.2) is 0 Å². The lowest BCUT2D eigenvalue weighted by molar-refractivity contribution is -0.120. The van der Waals surface area contributed by atoms with Crippen molar-refractivity contribution in [3.63, 3.8) is 0 Å². The molecule has 0 unspecified atom stereocenters. The highest BCUT2D eigenvalue weighted by Gasteiger charge is 2.12. The van der Waals surface area contributed by atoms with Crippen LogP contribution in [-0.2, 0) is 11.3 Å². The van der Waals surface area contributed by atoms with Gasteiger partial charge in [-0.1, -0.05) is 18.2 Å². The maximum absolute atomic E-state index is 12.1. The molecule has 26 heavy (non-hydrogen) atoms. The van der Waals surface area contributed by atoms with E-state index in [-0.39, 0.29) is 24.9 Å². The Morgan fingerprint density at radius 3 is 2.38 bits per heavy atom. The van der Waals surface area contributed by atoms with Crippen molar-refractivity contribution in [1.29, 1.82) is 0 Å². The molecule has 0 aliphatic rings. The van der Waals surface area contributed by atoms with Crippen molar-refractivity contribution < 1.29 is 19.1 Å². The first-order chi connectivity index (χ1) is 12.5. The van der Waals surface area contributed by atoms with Gasteiger partial charge >= 0.3 is 0 Å². The van der Waals surface area contributed by atoms with Crippen molar-refractivity contribution in [2.75, 3.05) is 20.8 Å². The van der Waals surface area contributed by atoms with E-state index in [0.29, 0.717) is 17.1 Å². The number of nitrogens with one attached hydrogen (secondary N) is 2. The fourth-order valence-electron chi connectivity index (χ4n) is 2.49. The summed E-state index contributed by atoms with van der Waals surface area (Å²) in [6, 6.07) is 10.9. The van der Waals surface area contributed by atoms with Gasteiger partial charge in [-0.15, -0.1) is 0 Å². The van der Waals surface area contributed by atoms with Gasteiger partial charge < -0.3 is 20.1 Å². The van der Waals surface area contributed by atoms with Gasteiger partial charge in [0.2, 0.25) is 5.91 Å². The Hall–Kier alpha value is -3.02. The van der Waals surface area contributed by atoms with Crippen molar-refractivity contribution in [2.45, 2.75) is 20.4 Å². The van der Waals surface area contributed by atoms with E-state index in [2.05, 4.69) is 10.6 Å². The predicted octanol–water partition coefficient (Wildman–Crippen LogP) is 2.37. The summed E-state index contributed by atoms with van der Waals surface area (Å²) >= 11 is 0. The molecule has 0 radical (unpaired) electrons. The van der Waals surface area contributed by atoms with Gasteiger partial charge in [0.25, 0.3) is 5.91 Å². The Bertz CT molecular complexity index is 802. The highest BCUT2D eigenvalue weighted by Crippen LogP contribution is 2.30. The lowest BCUT2D eigenvalue weighted by Gasteiger charge is -2.13. The standard InChI is InChI=1S/C20H24N2O4/c1-13-8-9-15(10-14(13)2)20(24)22-12-18(23)21-11-16-6-5-7-17(25-3)19(16)26-4/h5-10H,11-12H2,1-4H3,(H,21,23)(H,22,24). The summed E-state index contributed by atoms with van der Waals surface area (Å²) in [5.41, 5.74) is 3.48. The zero-order valence-corrected chi connectivity index (χ0v) is 15.5. The quantitative estimate of drug-likeness (QED) is 0.798. The van der Waals surface area contributed by atoms with E-state index in [1.165, 1.54) is 0 Å². The van der Waals surface area contributed by atoms with Crippen molar-refractivity contribution in [2.24, 2.45) is 0 Å². The van der Waals surface area contributed by atoms with Crippen LogP contribution in [0.3, 0.4) is 0 Å². The molecule has 138 valence electrons. The van der Waals surface area contributed by atoms with Crippen LogP contribution >= 0.6 is 0 Å². The minimum absolute atomic E-state index is 0.0992. The van der Waals surface area contributed by atoms with Crippen LogP contribution in [0.25, 0.3) is 0 Å². The molecule has 0 heterocycles. The number of ether oxygens (including phenoxy) is 2. The summed E-state index contributed by atoms with van der Waals surface area (Å²) in [6.07, 6.45) is 0. The fourth-order valence-corrected chi connectivity index (χ4v) is 2.49. The number of aryl methyl sites for hydroxylation is 2. The lowest BCUT2D eigenvalue weighted by atomic mass is 10.1. The molecule has 0 aliphatic heterocycles. The molecule has 2 rings (SSSR count). The molecule has 0 saturated heterocycles. The second kappa shape index (κ2) is 8.89. The van der Waals surface area contributed by atoms with E-state index >= 15 is 0 Å². The Morgan fingerprint density at radius 1 is 0.962 bits per heavy atom. The molecule has 0 aromatic heterocycles. The van der Waals surface area contributed by atoms with Crippen LogP contribution < -0.4 is 20.1 Å². The molecule has 0 aliphatic carbocycles. The minimum atomic E-state index is -0.285. The monoisotopic (exact) mass is 356 g/mol. The number of rotatable bonds is 7. The van der Waals surface area contributed by atoms with Gasteiger partial charge in [0.15, 0.2) is 11.5 Å². The molecular formula is C20H24N2O4. The highest BCUT2D eigenvalue weighted by molar-refractivity contribution is 5.96. The molecule has 0 bridgehead atoms. The number of amides is 2. The molecule has 0 atom stereocenters. The van der Waals surface area contributed by atoms with Gasteiger partial charge in [0.05, 0.1) is 20.8 Å². The van der Waals surface area contributed by atoms with Gasteiger partial charge in [-0.05, 0) is 43.2 Å². The van der Waals surface area contributed by atoms with Gasteiger partial charge in [0, 0.05) is 17.7 Å². The average Bonchev–Trinajstić information content (AvgIpc) is 2.65. The summed E-state index contributed by atoms with van der Waals surface area (Å²) < 4.78 is 10.6. The third kappa shape index (κ3) is 4.75. The maximum atomic E-state index is 12.1. The second-order valence-corrected chi connectivity index (χ2v) is 5.91. The minimum Gasteiger partial charge on any atom is -0.493 e. The molecule has 0 fully saturated rings. The number of carbonyl (C=O) groups excluding carboxylic acids is 2. The van der Waals surface area contributed by atoms with Gasteiger partial charge in [-0.2, -0.15) is 0 Å². The van der Waals surface area contributed by atoms with E-state index in [4.69, 9.17) is 9.47 Å². The zero-order valence-electron chi connectivity index (χ0n) is 15.5. The molecular weight excluding hydrogens is 332 g/mol. The number of hydrogen-bond donors (Lipinski definition) is 2. The van der Waals surface area contributed by atoms with E-state index in [0.717, 1.165) is 16.7 Å². The first-order valence-corrected chi connectivity index (χ1v) is 8.28. The van der Waals surface area contributed by atoms with Crippen LogP contribution in [0.2, 0.25) is 0 Å². The average molecular weight is 356 g/mol.